The second-order valence-corrected chi connectivity index (χ2v) is 5.26. The van der Waals surface area contributed by atoms with E-state index in [-0.39, 0.29) is 6.03 Å². The van der Waals surface area contributed by atoms with Crippen molar-refractivity contribution in [3.05, 3.63) is 53.0 Å². The molecule has 0 aliphatic carbocycles. The van der Waals surface area contributed by atoms with Crippen LogP contribution in [0.25, 0.3) is 5.57 Å². The van der Waals surface area contributed by atoms with E-state index in [9.17, 15) is 4.79 Å². The van der Waals surface area contributed by atoms with Gasteiger partial charge in [-0.1, -0.05) is 18.2 Å². The summed E-state index contributed by atoms with van der Waals surface area (Å²) in [6, 6.07) is 4.93. The second-order valence-electron chi connectivity index (χ2n) is 4.40. The average molecular weight is 311 g/mol. The van der Waals surface area contributed by atoms with E-state index < -0.39 is 0 Å². The molecule has 0 unspecified atom stereocenters. The number of anilines is 2. The quantitative estimate of drug-likeness (QED) is 0.913. The Hall–Kier alpha value is -2.80. The van der Waals surface area contributed by atoms with E-state index >= 15 is 0 Å². The van der Waals surface area contributed by atoms with Crippen LogP contribution in [0.15, 0.2) is 53.0 Å². The summed E-state index contributed by atoms with van der Waals surface area (Å²) in [4.78, 5) is 24.5. The molecule has 0 atom stereocenters. The Kier molecular flexibility index (Phi) is 4.35. The fraction of sp³-hybridized carbons (Fsp3) is 0.0667. The molecular formula is C15H13N5OS. The molecule has 1 aliphatic heterocycles. The van der Waals surface area contributed by atoms with E-state index in [1.54, 1.807) is 36.0 Å². The van der Waals surface area contributed by atoms with Crippen LogP contribution in [-0.2, 0) is 0 Å². The predicted molar refractivity (Wildman–Crippen MR) is 89.5 cm³/mol. The minimum atomic E-state index is -0.372. The smallest absolute Gasteiger partial charge is 0.292 e. The van der Waals surface area contributed by atoms with Crippen molar-refractivity contribution in [3.63, 3.8) is 0 Å². The van der Waals surface area contributed by atoms with Crippen LogP contribution in [0, 0.1) is 0 Å². The monoisotopic (exact) mass is 311 g/mol. The summed E-state index contributed by atoms with van der Waals surface area (Å²) in [7, 11) is 0. The van der Waals surface area contributed by atoms with E-state index in [2.05, 4.69) is 25.6 Å². The summed E-state index contributed by atoms with van der Waals surface area (Å²) in [6.07, 6.45) is 9.15. The van der Waals surface area contributed by atoms with Gasteiger partial charge in [0.2, 0.25) is 0 Å². The molecule has 0 bridgehead atoms. The normalized spacial score (nSPS) is 13.4. The summed E-state index contributed by atoms with van der Waals surface area (Å²) in [5, 5.41) is 7.98. The molecule has 2 amide bonds. The van der Waals surface area contributed by atoms with E-state index in [1.807, 2.05) is 18.2 Å². The number of aromatic nitrogens is 2. The molecule has 0 spiro atoms. The van der Waals surface area contributed by atoms with E-state index in [4.69, 9.17) is 0 Å². The maximum absolute atomic E-state index is 11.9. The molecule has 3 heterocycles. The van der Waals surface area contributed by atoms with Crippen molar-refractivity contribution >= 4 is 40.8 Å². The van der Waals surface area contributed by atoms with Gasteiger partial charge in [0.1, 0.15) is 16.6 Å². The van der Waals surface area contributed by atoms with Crippen LogP contribution in [0.2, 0.25) is 0 Å². The maximum atomic E-state index is 11.9. The van der Waals surface area contributed by atoms with Gasteiger partial charge >= 0.3 is 6.03 Å². The van der Waals surface area contributed by atoms with Crippen LogP contribution in [0.3, 0.4) is 0 Å². The summed E-state index contributed by atoms with van der Waals surface area (Å²) >= 11 is 1.47. The van der Waals surface area contributed by atoms with Crippen molar-refractivity contribution in [1.82, 2.24) is 9.97 Å². The number of amides is 2. The highest BCUT2D eigenvalue weighted by Crippen LogP contribution is 2.23. The zero-order valence-electron chi connectivity index (χ0n) is 11.6. The lowest BCUT2D eigenvalue weighted by Crippen LogP contribution is -2.20. The lowest BCUT2D eigenvalue weighted by molar-refractivity contribution is 0.262. The van der Waals surface area contributed by atoms with E-state index in [0.717, 1.165) is 10.6 Å². The number of nitrogens with one attached hydrogen (secondary N) is 2. The van der Waals surface area contributed by atoms with Gasteiger partial charge in [0.15, 0.2) is 0 Å². The van der Waals surface area contributed by atoms with Gasteiger partial charge in [-0.2, -0.15) is 0 Å². The molecule has 2 aromatic rings. The first-order chi connectivity index (χ1) is 10.8. The molecule has 1 aliphatic rings. The molecule has 2 N–H and O–H groups in total. The van der Waals surface area contributed by atoms with Gasteiger partial charge in [-0.15, -0.1) is 11.3 Å². The van der Waals surface area contributed by atoms with Crippen LogP contribution in [0.5, 0.6) is 0 Å². The first-order valence-electron chi connectivity index (χ1n) is 6.62. The van der Waals surface area contributed by atoms with Gasteiger partial charge in [0.05, 0.1) is 6.54 Å². The molecule has 7 heteroatoms. The third-order valence-electron chi connectivity index (χ3n) is 2.79. The largest absolute Gasteiger partial charge is 0.326 e. The van der Waals surface area contributed by atoms with Crippen molar-refractivity contribution < 1.29 is 4.79 Å². The van der Waals surface area contributed by atoms with Crippen molar-refractivity contribution in [3.8, 4) is 0 Å². The molecular weight excluding hydrogens is 298 g/mol. The summed E-state index contributed by atoms with van der Waals surface area (Å²) in [5.74, 6) is 0.993. The van der Waals surface area contributed by atoms with Crippen LogP contribution < -0.4 is 10.6 Å². The number of hydrogen-bond acceptors (Lipinski definition) is 5. The molecule has 22 heavy (non-hydrogen) atoms. The number of aliphatic imine (C=N–C) groups is 1. The number of pyridine rings is 1. The molecule has 2 aromatic heterocycles. The van der Waals surface area contributed by atoms with Gasteiger partial charge in [0.25, 0.3) is 0 Å². The van der Waals surface area contributed by atoms with Crippen LogP contribution in [-0.4, -0.2) is 28.8 Å². The molecule has 110 valence electrons. The minimum absolute atomic E-state index is 0.372. The Balaban J connectivity index is 1.64. The van der Waals surface area contributed by atoms with Crippen LogP contribution in [0.1, 0.15) is 5.01 Å². The number of carbonyl (C=O) groups excluding carboxylic acids is 1. The molecule has 3 rings (SSSR count). The first kappa shape index (κ1) is 14.2. The van der Waals surface area contributed by atoms with Gasteiger partial charge < -0.3 is 0 Å². The zero-order valence-corrected chi connectivity index (χ0v) is 12.4. The van der Waals surface area contributed by atoms with E-state index in [0.29, 0.717) is 18.2 Å². The van der Waals surface area contributed by atoms with Crippen LogP contribution >= 0.6 is 11.3 Å². The van der Waals surface area contributed by atoms with Gasteiger partial charge in [-0.25, -0.2) is 14.8 Å². The van der Waals surface area contributed by atoms with Gasteiger partial charge in [0, 0.05) is 23.4 Å². The molecule has 0 saturated heterocycles. The third-order valence-corrected chi connectivity index (χ3v) is 3.71. The Bertz CT molecular complexity index is 748. The predicted octanol–water partition coefficient (Wildman–Crippen LogP) is 3.21. The fourth-order valence-electron chi connectivity index (χ4n) is 1.80. The number of urea groups is 1. The standard InChI is InChI=1S/C15H13N5OS/c21-15(19-12-6-2-4-8-17-12)20-13-10-22-14(18-13)11-5-1-3-7-16-9-11/h1-8,10H,9H2,(H2,17,19,20,21). The molecule has 6 nitrogen and oxygen atoms in total. The van der Waals surface area contributed by atoms with E-state index in [1.165, 1.54) is 11.3 Å². The zero-order chi connectivity index (χ0) is 15.2. The average Bonchev–Trinajstić information content (AvgIpc) is 2.82. The Morgan fingerprint density at radius 3 is 2.95 bits per heavy atom. The highest BCUT2D eigenvalue weighted by molar-refractivity contribution is 7.11. The van der Waals surface area contributed by atoms with Crippen molar-refractivity contribution in [2.45, 2.75) is 0 Å². The SMILES string of the molecule is O=C(Nc1ccccn1)Nc1csc(C2=CC=CC=NC2)n1. The number of allylic oxidation sites excluding steroid dienone is 3. The number of thiazole rings is 1. The fourth-order valence-corrected chi connectivity index (χ4v) is 2.57. The third kappa shape index (κ3) is 3.64. The Morgan fingerprint density at radius 2 is 2.09 bits per heavy atom. The van der Waals surface area contributed by atoms with Gasteiger partial charge in [-0.05, 0) is 18.2 Å². The minimum Gasteiger partial charge on any atom is -0.292 e. The number of nitrogens with zero attached hydrogens (tertiary/aromatic N) is 3. The molecule has 0 saturated carbocycles. The Labute approximate surface area is 131 Å². The Morgan fingerprint density at radius 1 is 1.18 bits per heavy atom. The first-order valence-corrected chi connectivity index (χ1v) is 7.50. The number of hydrogen-bond donors (Lipinski definition) is 2. The van der Waals surface area contributed by atoms with Crippen molar-refractivity contribution in [1.29, 1.82) is 0 Å². The van der Waals surface area contributed by atoms with Gasteiger partial charge in [-0.3, -0.25) is 15.6 Å². The lowest BCUT2D eigenvalue weighted by Gasteiger charge is -2.04. The van der Waals surface area contributed by atoms with Crippen LogP contribution in [0.4, 0.5) is 16.4 Å². The highest BCUT2D eigenvalue weighted by Gasteiger charge is 2.10. The molecule has 0 aromatic carbocycles. The highest BCUT2D eigenvalue weighted by atomic mass is 32.1. The number of rotatable bonds is 3. The number of carbonyl (C=O) groups is 1. The lowest BCUT2D eigenvalue weighted by atomic mass is 10.2. The maximum Gasteiger partial charge on any atom is 0.326 e. The van der Waals surface area contributed by atoms with Crippen molar-refractivity contribution in [2.24, 2.45) is 4.99 Å². The summed E-state index contributed by atoms with van der Waals surface area (Å²) in [5.41, 5.74) is 1.02. The van der Waals surface area contributed by atoms with Crippen molar-refractivity contribution in [2.75, 3.05) is 17.2 Å². The topological polar surface area (TPSA) is 79.3 Å². The second kappa shape index (κ2) is 6.77. The molecule has 0 radical (unpaired) electrons. The molecule has 0 fully saturated rings. The summed E-state index contributed by atoms with van der Waals surface area (Å²) in [6.45, 7) is 0.583. The summed E-state index contributed by atoms with van der Waals surface area (Å²) < 4.78 is 0.